The first-order chi connectivity index (χ1) is 9.53. The zero-order chi connectivity index (χ0) is 14.8. The molecule has 20 heavy (non-hydrogen) atoms. The van der Waals surface area contributed by atoms with Gasteiger partial charge in [0.25, 0.3) is 6.01 Å². The molecule has 1 aromatic heterocycles. The van der Waals surface area contributed by atoms with Crippen molar-refractivity contribution in [1.82, 2.24) is 5.32 Å². The van der Waals surface area contributed by atoms with Gasteiger partial charge in [0, 0.05) is 23.1 Å². The fourth-order valence-corrected chi connectivity index (χ4v) is 3.20. The van der Waals surface area contributed by atoms with Crippen LogP contribution in [0.25, 0.3) is 0 Å². The highest BCUT2D eigenvalue weighted by Gasteiger charge is 2.17. The lowest BCUT2D eigenvalue weighted by atomic mass is 10.0. The Morgan fingerprint density at radius 3 is 2.70 bits per heavy atom. The maximum atomic E-state index is 12.6. The van der Waals surface area contributed by atoms with E-state index in [1.54, 1.807) is 6.07 Å². The highest BCUT2D eigenvalue weighted by atomic mass is 32.2. The van der Waals surface area contributed by atoms with Crippen LogP contribution in [0, 0.1) is 6.01 Å². The molecular weight excluding hydrogens is 273 g/mol. The Morgan fingerprint density at radius 1 is 1.25 bits per heavy atom. The van der Waals surface area contributed by atoms with Gasteiger partial charge in [-0.05, 0) is 12.5 Å². The largest absolute Gasteiger partial charge is 0.435 e. The molecule has 0 aromatic carbocycles. The van der Waals surface area contributed by atoms with E-state index < -0.39 is 6.01 Å². The number of nitrogens with one attached hydrogen (secondary N) is 1. The summed E-state index contributed by atoms with van der Waals surface area (Å²) < 4.78 is 17.9. The minimum Gasteiger partial charge on any atom is -0.435 e. The normalized spacial score (nSPS) is 12.0. The van der Waals surface area contributed by atoms with Crippen LogP contribution in [0.4, 0.5) is 4.39 Å². The molecule has 0 atom stereocenters. The molecule has 0 saturated carbocycles. The van der Waals surface area contributed by atoms with E-state index in [2.05, 4.69) is 26.1 Å². The molecule has 0 aliphatic rings. The third kappa shape index (κ3) is 7.95. The van der Waals surface area contributed by atoms with Gasteiger partial charge in [0.2, 0.25) is 0 Å². The van der Waals surface area contributed by atoms with Crippen LogP contribution in [0.15, 0.2) is 16.5 Å². The summed E-state index contributed by atoms with van der Waals surface area (Å²) in [6, 6.07) is 2.52. The minimum atomic E-state index is -0.510. The molecular formula is C16H28FNOS. The Labute approximate surface area is 126 Å². The summed E-state index contributed by atoms with van der Waals surface area (Å²) in [7, 11) is 0. The van der Waals surface area contributed by atoms with Crippen molar-refractivity contribution in [1.29, 1.82) is 0 Å². The second kappa shape index (κ2) is 9.46. The molecule has 0 amide bonds. The molecule has 0 saturated heterocycles. The summed E-state index contributed by atoms with van der Waals surface area (Å²) >= 11 is 2.01. The lowest BCUT2D eigenvalue weighted by Crippen LogP contribution is -2.21. The Kier molecular flexibility index (Phi) is 8.31. The van der Waals surface area contributed by atoms with Gasteiger partial charge in [0.1, 0.15) is 5.76 Å². The average molecular weight is 301 g/mol. The van der Waals surface area contributed by atoms with Crippen molar-refractivity contribution in [3.8, 4) is 0 Å². The molecule has 4 heteroatoms. The van der Waals surface area contributed by atoms with E-state index in [4.69, 9.17) is 4.42 Å². The van der Waals surface area contributed by atoms with Gasteiger partial charge in [-0.1, -0.05) is 46.5 Å². The summed E-state index contributed by atoms with van der Waals surface area (Å²) in [6.07, 6.45) is 6.60. The second-order valence-corrected chi connectivity index (χ2v) is 7.60. The van der Waals surface area contributed by atoms with E-state index in [1.807, 2.05) is 11.8 Å². The van der Waals surface area contributed by atoms with Gasteiger partial charge in [0.05, 0.1) is 6.54 Å². The third-order valence-electron chi connectivity index (χ3n) is 3.33. The first-order valence-electron chi connectivity index (χ1n) is 7.62. The van der Waals surface area contributed by atoms with Crippen molar-refractivity contribution >= 4 is 11.8 Å². The summed E-state index contributed by atoms with van der Waals surface area (Å²) in [5, 5.41) is 3.28. The van der Waals surface area contributed by atoms with Gasteiger partial charge in [-0.2, -0.15) is 16.2 Å². The molecule has 0 fully saturated rings. The van der Waals surface area contributed by atoms with Crippen molar-refractivity contribution in [3.63, 3.8) is 0 Å². The smallest absolute Gasteiger partial charge is 0.277 e. The maximum Gasteiger partial charge on any atom is 0.277 e. The third-order valence-corrected chi connectivity index (χ3v) is 4.73. The molecule has 0 radical (unpaired) electrons. The van der Waals surface area contributed by atoms with Gasteiger partial charge >= 0.3 is 0 Å². The molecule has 1 heterocycles. The fourth-order valence-electron chi connectivity index (χ4n) is 2.11. The first kappa shape index (κ1) is 17.6. The highest BCUT2D eigenvalue weighted by molar-refractivity contribution is 8.00. The summed E-state index contributed by atoms with van der Waals surface area (Å²) in [6.45, 7) is 8.42. The lowest BCUT2D eigenvalue weighted by Gasteiger charge is -2.24. The monoisotopic (exact) mass is 301 g/mol. The molecule has 0 aliphatic carbocycles. The van der Waals surface area contributed by atoms with Crippen LogP contribution in [-0.2, 0) is 6.54 Å². The molecule has 2 nitrogen and oxygen atoms in total. The summed E-state index contributed by atoms with van der Waals surface area (Å²) in [4.78, 5) is 0. The van der Waals surface area contributed by atoms with Crippen LogP contribution < -0.4 is 5.32 Å². The van der Waals surface area contributed by atoms with Crippen molar-refractivity contribution < 1.29 is 8.81 Å². The van der Waals surface area contributed by atoms with Crippen LogP contribution in [-0.4, -0.2) is 17.0 Å². The van der Waals surface area contributed by atoms with Crippen molar-refractivity contribution in [3.05, 3.63) is 23.9 Å². The van der Waals surface area contributed by atoms with Crippen LogP contribution >= 0.6 is 11.8 Å². The van der Waals surface area contributed by atoms with Crippen LogP contribution in [0.5, 0.6) is 0 Å². The molecule has 0 unspecified atom stereocenters. The number of furan rings is 1. The van der Waals surface area contributed by atoms with Gasteiger partial charge < -0.3 is 9.73 Å². The Bertz CT molecular complexity index is 365. The zero-order valence-electron chi connectivity index (χ0n) is 13.0. The van der Waals surface area contributed by atoms with Gasteiger partial charge in [-0.15, -0.1) is 0 Å². The predicted octanol–water partition coefficient (Wildman–Crippen LogP) is 4.99. The SMILES string of the molecule is CCCCCCC(C)(C)SCCNCc1ccc(F)o1. The van der Waals surface area contributed by atoms with E-state index in [0.29, 0.717) is 17.1 Å². The lowest BCUT2D eigenvalue weighted by molar-refractivity contribution is 0.332. The number of thioether (sulfide) groups is 1. The highest BCUT2D eigenvalue weighted by Crippen LogP contribution is 2.29. The average Bonchev–Trinajstić information content (AvgIpc) is 2.80. The Hall–Kier alpha value is -0.480. The van der Waals surface area contributed by atoms with Gasteiger partial charge in [-0.25, -0.2) is 0 Å². The van der Waals surface area contributed by atoms with Crippen molar-refractivity contribution in [2.75, 3.05) is 12.3 Å². The fraction of sp³-hybridized carbons (Fsp3) is 0.750. The molecule has 0 bridgehead atoms. The van der Waals surface area contributed by atoms with E-state index in [-0.39, 0.29) is 0 Å². The number of hydrogen-bond acceptors (Lipinski definition) is 3. The Balaban J connectivity index is 2.04. The number of halogens is 1. The quantitative estimate of drug-likeness (QED) is 0.583. The van der Waals surface area contributed by atoms with E-state index in [9.17, 15) is 4.39 Å². The predicted molar refractivity (Wildman–Crippen MR) is 85.7 cm³/mol. The Morgan fingerprint density at radius 2 is 2.05 bits per heavy atom. The van der Waals surface area contributed by atoms with Crippen LogP contribution in [0.1, 0.15) is 58.6 Å². The van der Waals surface area contributed by atoms with Crippen LogP contribution in [0.3, 0.4) is 0 Å². The number of hydrogen-bond donors (Lipinski definition) is 1. The maximum absolute atomic E-state index is 12.6. The molecule has 116 valence electrons. The molecule has 0 aliphatic heterocycles. The molecule has 1 aromatic rings. The summed E-state index contributed by atoms with van der Waals surface area (Å²) in [5.74, 6) is 1.73. The standard InChI is InChI=1S/C16H28FNOS/c1-4-5-6-7-10-16(2,3)20-12-11-18-13-14-8-9-15(17)19-14/h8-9,18H,4-7,10-13H2,1-3H3. The number of rotatable bonds is 11. The summed E-state index contributed by atoms with van der Waals surface area (Å²) in [5.41, 5.74) is 0. The topological polar surface area (TPSA) is 25.2 Å². The molecule has 0 spiro atoms. The van der Waals surface area contributed by atoms with Crippen LogP contribution in [0.2, 0.25) is 0 Å². The minimum absolute atomic E-state index is 0.353. The number of unbranched alkanes of at least 4 members (excludes halogenated alkanes) is 3. The van der Waals surface area contributed by atoms with Gasteiger partial charge in [-0.3, -0.25) is 0 Å². The van der Waals surface area contributed by atoms with E-state index >= 15 is 0 Å². The van der Waals surface area contributed by atoms with Crippen molar-refractivity contribution in [2.45, 2.75) is 64.2 Å². The molecule has 1 rings (SSSR count). The second-order valence-electron chi connectivity index (χ2n) is 5.80. The van der Waals surface area contributed by atoms with Gasteiger partial charge in [0.15, 0.2) is 0 Å². The first-order valence-corrected chi connectivity index (χ1v) is 8.61. The van der Waals surface area contributed by atoms with E-state index in [1.165, 1.54) is 38.2 Å². The van der Waals surface area contributed by atoms with Crippen molar-refractivity contribution in [2.24, 2.45) is 0 Å². The van der Waals surface area contributed by atoms with E-state index in [0.717, 1.165) is 12.3 Å². The zero-order valence-corrected chi connectivity index (χ0v) is 13.8. The molecule has 1 N–H and O–H groups in total.